The molecule has 1 aromatic heterocycles. The highest BCUT2D eigenvalue weighted by molar-refractivity contribution is 8.07. The number of amides is 1. The van der Waals surface area contributed by atoms with Crippen molar-refractivity contribution in [1.29, 1.82) is 0 Å². The molecule has 2 unspecified atom stereocenters. The van der Waals surface area contributed by atoms with Gasteiger partial charge in [0, 0.05) is 29.8 Å². The number of carbonyl (C=O) groups excluding carboxylic acids is 1. The molecule has 1 aliphatic carbocycles. The number of hydrogen-bond donors (Lipinski definition) is 1. The lowest BCUT2D eigenvalue weighted by Gasteiger charge is -2.32. The zero-order chi connectivity index (χ0) is 15.7. The number of nitrogens with one attached hydrogen (secondary N) is 1. The Hall–Kier alpha value is -0.170. The molecule has 2 atom stereocenters. The Labute approximate surface area is 151 Å². The molecule has 0 radical (unpaired) electrons. The van der Waals surface area contributed by atoms with Crippen molar-refractivity contribution >= 4 is 40.8 Å². The molecule has 3 heterocycles. The molecule has 2 saturated heterocycles. The highest BCUT2D eigenvalue weighted by Gasteiger charge is 2.58. The average molecular weight is 369 g/mol. The minimum Gasteiger partial charge on any atom is -0.334 e. The summed E-state index contributed by atoms with van der Waals surface area (Å²) in [6.07, 6.45) is 3.68. The molecule has 3 fully saturated rings. The molecule has 4 rings (SSSR count). The van der Waals surface area contributed by atoms with Crippen LogP contribution in [0.2, 0.25) is 0 Å². The maximum Gasteiger partial charge on any atom is 0.237 e. The standard InChI is InChI=1S/C17H24N2OS3/c20-16(14-12-22-7-8-23-14)19(10-13-1-6-21-11-13)15-9-17(15)2-4-18-5-3-17/h1,6,11,14-15,18H,2-5,7-10,12H2. The van der Waals surface area contributed by atoms with Gasteiger partial charge in [-0.15, -0.1) is 11.8 Å². The van der Waals surface area contributed by atoms with E-state index < -0.39 is 0 Å². The summed E-state index contributed by atoms with van der Waals surface area (Å²) in [6.45, 7) is 3.04. The second kappa shape index (κ2) is 6.98. The summed E-state index contributed by atoms with van der Waals surface area (Å²) in [6, 6.07) is 2.65. The first-order valence-electron chi connectivity index (χ1n) is 8.50. The van der Waals surface area contributed by atoms with E-state index in [1.165, 1.54) is 30.6 Å². The number of nitrogens with zero attached hydrogens (tertiary/aromatic N) is 1. The lowest BCUT2D eigenvalue weighted by Crippen LogP contribution is -2.44. The van der Waals surface area contributed by atoms with Crippen LogP contribution in [0.4, 0.5) is 0 Å². The lowest BCUT2D eigenvalue weighted by atomic mass is 9.93. The van der Waals surface area contributed by atoms with E-state index in [9.17, 15) is 4.79 Å². The van der Waals surface area contributed by atoms with Crippen LogP contribution in [0.3, 0.4) is 0 Å². The van der Waals surface area contributed by atoms with Crippen molar-refractivity contribution in [3.05, 3.63) is 22.4 Å². The number of thiophene rings is 1. The second-order valence-corrected chi connectivity index (χ2v) is 10.1. The Balaban J connectivity index is 1.50. The zero-order valence-corrected chi connectivity index (χ0v) is 15.8. The van der Waals surface area contributed by atoms with Crippen LogP contribution in [0.25, 0.3) is 0 Å². The van der Waals surface area contributed by atoms with Gasteiger partial charge in [0.05, 0.1) is 5.25 Å². The van der Waals surface area contributed by atoms with Gasteiger partial charge in [-0.05, 0) is 60.2 Å². The third-order valence-corrected chi connectivity index (χ3v) is 8.90. The molecule has 6 heteroatoms. The molecule has 0 bridgehead atoms. The molecule has 3 aliphatic rings. The molecule has 23 heavy (non-hydrogen) atoms. The highest BCUT2D eigenvalue weighted by atomic mass is 32.2. The fourth-order valence-electron chi connectivity index (χ4n) is 3.97. The quantitative estimate of drug-likeness (QED) is 0.885. The average Bonchev–Trinajstić information content (AvgIpc) is 3.04. The molecule has 1 amide bonds. The molecule has 1 aromatic rings. The Bertz CT molecular complexity index is 536. The van der Waals surface area contributed by atoms with Crippen molar-refractivity contribution in [2.45, 2.75) is 37.1 Å². The Morgan fingerprint density at radius 2 is 2.22 bits per heavy atom. The Kier molecular flexibility index (Phi) is 4.95. The van der Waals surface area contributed by atoms with Crippen molar-refractivity contribution in [3.63, 3.8) is 0 Å². The summed E-state index contributed by atoms with van der Waals surface area (Å²) < 4.78 is 0. The summed E-state index contributed by atoms with van der Waals surface area (Å²) in [4.78, 5) is 15.5. The van der Waals surface area contributed by atoms with E-state index in [2.05, 4.69) is 27.0 Å². The van der Waals surface area contributed by atoms with Gasteiger partial charge in [0.25, 0.3) is 0 Å². The highest BCUT2D eigenvalue weighted by Crippen LogP contribution is 2.56. The van der Waals surface area contributed by atoms with E-state index in [1.54, 1.807) is 11.3 Å². The first-order chi connectivity index (χ1) is 11.3. The van der Waals surface area contributed by atoms with Gasteiger partial charge in [0.2, 0.25) is 5.91 Å². The number of rotatable bonds is 4. The van der Waals surface area contributed by atoms with Crippen LogP contribution < -0.4 is 5.32 Å². The predicted octanol–water partition coefficient (Wildman–Crippen LogP) is 3.07. The van der Waals surface area contributed by atoms with Crippen LogP contribution in [0, 0.1) is 5.41 Å². The predicted molar refractivity (Wildman–Crippen MR) is 101 cm³/mol. The largest absolute Gasteiger partial charge is 0.334 e. The van der Waals surface area contributed by atoms with E-state index in [0.29, 0.717) is 17.4 Å². The summed E-state index contributed by atoms with van der Waals surface area (Å²) in [5.41, 5.74) is 1.72. The SMILES string of the molecule is O=C(C1CSCCS1)N(Cc1ccsc1)C1CC12CCNCC2. The molecular weight excluding hydrogens is 344 g/mol. The van der Waals surface area contributed by atoms with Crippen LogP contribution in [-0.4, -0.2) is 52.4 Å². The minimum atomic E-state index is 0.173. The second-order valence-electron chi connectivity index (χ2n) is 6.86. The minimum absolute atomic E-state index is 0.173. The van der Waals surface area contributed by atoms with Gasteiger partial charge in [-0.2, -0.15) is 23.1 Å². The monoisotopic (exact) mass is 368 g/mol. The zero-order valence-electron chi connectivity index (χ0n) is 13.3. The van der Waals surface area contributed by atoms with Gasteiger partial charge in [0.15, 0.2) is 0 Å². The van der Waals surface area contributed by atoms with Gasteiger partial charge >= 0.3 is 0 Å². The smallest absolute Gasteiger partial charge is 0.237 e. The lowest BCUT2D eigenvalue weighted by molar-refractivity contribution is -0.132. The molecule has 1 N–H and O–H groups in total. The van der Waals surface area contributed by atoms with Crippen molar-refractivity contribution < 1.29 is 4.79 Å². The molecule has 2 aliphatic heterocycles. The van der Waals surface area contributed by atoms with Crippen LogP contribution in [0.15, 0.2) is 16.8 Å². The third-order valence-electron chi connectivity index (χ3n) is 5.43. The van der Waals surface area contributed by atoms with Gasteiger partial charge in [-0.25, -0.2) is 0 Å². The molecule has 126 valence electrons. The van der Waals surface area contributed by atoms with Crippen LogP contribution in [0.1, 0.15) is 24.8 Å². The molecule has 3 nitrogen and oxygen atoms in total. The van der Waals surface area contributed by atoms with E-state index in [1.807, 2.05) is 23.5 Å². The topological polar surface area (TPSA) is 32.3 Å². The van der Waals surface area contributed by atoms with Crippen molar-refractivity contribution in [2.24, 2.45) is 5.41 Å². The number of thioether (sulfide) groups is 2. The van der Waals surface area contributed by atoms with Crippen molar-refractivity contribution in [3.8, 4) is 0 Å². The fourth-order valence-corrected chi connectivity index (χ4v) is 7.24. The van der Waals surface area contributed by atoms with E-state index in [0.717, 1.165) is 31.1 Å². The van der Waals surface area contributed by atoms with Crippen LogP contribution >= 0.6 is 34.9 Å². The van der Waals surface area contributed by atoms with Crippen LogP contribution in [-0.2, 0) is 11.3 Å². The molecule has 0 aromatic carbocycles. The van der Waals surface area contributed by atoms with E-state index >= 15 is 0 Å². The maximum absolute atomic E-state index is 13.2. The number of carbonyl (C=O) groups is 1. The normalized spacial score (nSPS) is 29.4. The molecule has 1 saturated carbocycles. The van der Waals surface area contributed by atoms with Gasteiger partial charge in [-0.1, -0.05) is 0 Å². The Morgan fingerprint density at radius 1 is 1.35 bits per heavy atom. The first kappa shape index (κ1) is 16.3. The van der Waals surface area contributed by atoms with E-state index in [-0.39, 0.29) is 5.25 Å². The number of hydrogen-bond acceptors (Lipinski definition) is 5. The first-order valence-corrected chi connectivity index (χ1v) is 11.6. The summed E-state index contributed by atoms with van der Waals surface area (Å²) in [5.74, 6) is 3.70. The molecular formula is C17H24N2OS3. The summed E-state index contributed by atoms with van der Waals surface area (Å²) in [5, 5.41) is 7.96. The van der Waals surface area contributed by atoms with Gasteiger partial charge in [0.1, 0.15) is 0 Å². The fraction of sp³-hybridized carbons (Fsp3) is 0.706. The van der Waals surface area contributed by atoms with Crippen molar-refractivity contribution in [1.82, 2.24) is 10.2 Å². The van der Waals surface area contributed by atoms with Gasteiger partial charge < -0.3 is 10.2 Å². The summed E-state index contributed by atoms with van der Waals surface area (Å²) in [7, 11) is 0. The maximum atomic E-state index is 13.2. The Morgan fingerprint density at radius 3 is 2.91 bits per heavy atom. The van der Waals surface area contributed by atoms with Crippen LogP contribution in [0.5, 0.6) is 0 Å². The van der Waals surface area contributed by atoms with Crippen molar-refractivity contribution in [2.75, 3.05) is 30.3 Å². The third kappa shape index (κ3) is 3.46. The number of piperidine rings is 1. The van der Waals surface area contributed by atoms with Gasteiger partial charge in [-0.3, -0.25) is 4.79 Å². The summed E-state index contributed by atoms with van der Waals surface area (Å²) >= 11 is 5.54. The molecule has 1 spiro atoms. The van der Waals surface area contributed by atoms with E-state index in [4.69, 9.17) is 0 Å².